The topological polar surface area (TPSA) is 64.3 Å². The molecular weight excluding hydrogens is 264 g/mol. The van der Waals surface area contributed by atoms with Crippen molar-refractivity contribution in [3.05, 3.63) is 34.9 Å². The first-order valence-electron chi connectivity index (χ1n) is 6.85. The van der Waals surface area contributed by atoms with Crippen LogP contribution in [-0.2, 0) is 0 Å². The van der Waals surface area contributed by atoms with E-state index in [2.05, 4.69) is 17.9 Å². The van der Waals surface area contributed by atoms with Crippen LogP contribution in [0.4, 0.5) is 0 Å². The molecule has 1 aromatic carbocycles. The number of amides is 1. The molecule has 1 N–H and O–H groups in total. The molecule has 21 heavy (non-hydrogen) atoms. The summed E-state index contributed by atoms with van der Waals surface area (Å²) in [4.78, 5) is 13.8. The fraction of sp³-hybridized carbons (Fsp3) is 0.412. The van der Waals surface area contributed by atoms with Crippen molar-refractivity contribution >= 4 is 5.91 Å². The molecule has 4 heteroatoms. The van der Waals surface area contributed by atoms with Crippen molar-refractivity contribution in [2.75, 3.05) is 20.2 Å². The molecule has 0 aliphatic heterocycles. The Hall–Kier alpha value is -2.30. The third-order valence-corrected chi connectivity index (χ3v) is 3.05. The normalized spacial score (nSPS) is 11.0. The van der Waals surface area contributed by atoms with E-state index in [0.717, 1.165) is 11.1 Å². The SMILES string of the molecule is Cc1cc(C(=O)N(C)CC(C)C#N)ccc1C#CCCO. The summed E-state index contributed by atoms with van der Waals surface area (Å²) in [6.45, 7) is 4.14. The first kappa shape index (κ1) is 16.8. The van der Waals surface area contributed by atoms with Crippen molar-refractivity contribution in [3.8, 4) is 17.9 Å². The van der Waals surface area contributed by atoms with Crippen LogP contribution in [0, 0.1) is 36.0 Å². The molecule has 0 saturated carbocycles. The zero-order valence-electron chi connectivity index (χ0n) is 12.7. The van der Waals surface area contributed by atoms with Crippen LogP contribution in [0.1, 0.15) is 34.8 Å². The van der Waals surface area contributed by atoms with Crippen LogP contribution in [0.15, 0.2) is 18.2 Å². The number of hydrogen-bond acceptors (Lipinski definition) is 3. The van der Waals surface area contributed by atoms with E-state index in [1.807, 2.05) is 13.0 Å². The molecule has 0 aliphatic carbocycles. The molecule has 1 atom stereocenters. The molecule has 0 radical (unpaired) electrons. The highest BCUT2D eigenvalue weighted by Crippen LogP contribution is 2.12. The van der Waals surface area contributed by atoms with Crippen molar-refractivity contribution in [2.24, 2.45) is 5.92 Å². The Balaban J connectivity index is 2.86. The van der Waals surface area contributed by atoms with E-state index in [1.54, 1.807) is 31.0 Å². The first-order valence-corrected chi connectivity index (χ1v) is 6.85. The van der Waals surface area contributed by atoms with Gasteiger partial charge in [-0.2, -0.15) is 5.26 Å². The average molecular weight is 284 g/mol. The Morgan fingerprint density at radius 2 is 2.19 bits per heavy atom. The summed E-state index contributed by atoms with van der Waals surface area (Å²) >= 11 is 0. The number of nitriles is 1. The summed E-state index contributed by atoms with van der Waals surface area (Å²) < 4.78 is 0. The number of hydrogen-bond donors (Lipinski definition) is 1. The number of carbonyl (C=O) groups excluding carboxylic acids is 1. The maximum absolute atomic E-state index is 12.3. The monoisotopic (exact) mass is 284 g/mol. The fourth-order valence-corrected chi connectivity index (χ4v) is 1.91. The lowest BCUT2D eigenvalue weighted by molar-refractivity contribution is 0.0785. The van der Waals surface area contributed by atoms with Crippen LogP contribution in [0.25, 0.3) is 0 Å². The van der Waals surface area contributed by atoms with Gasteiger partial charge in [-0.15, -0.1) is 0 Å². The zero-order valence-corrected chi connectivity index (χ0v) is 12.7. The van der Waals surface area contributed by atoms with E-state index in [-0.39, 0.29) is 18.4 Å². The molecular formula is C17H20N2O2. The minimum Gasteiger partial charge on any atom is -0.395 e. The molecule has 1 unspecified atom stereocenters. The molecule has 4 nitrogen and oxygen atoms in total. The predicted octanol–water partition coefficient (Wildman–Crippen LogP) is 1.96. The molecule has 1 amide bonds. The van der Waals surface area contributed by atoms with Crippen molar-refractivity contribution < 1.29 is 9.90 Å². The molecule has 1 rings (SSSR count). The van der Waals surface area contributed by atoms with Crippen LogP contribution < -0.4 is 0 Å². The van der Waals surface area contributed by atoms with Gasteiger partial charge in [-0.1, -0.05) is 11.8 Å². The van der Waals surface area contributed by atoms with Gasteiger partial charge in [0.15, 0.2) is 0 Å². The van der Waals surface area contributed by atoms with Crippen molar-refractivity contribution in [2.45, 2.75) is 20.3 Å². The highest BCUT2D eigenvalue weighted by molar-refractivity contribution is 5.94. The van der Waals surface area contributed by atoms with Crippen LogP contribution in [0.2, 0.25) is 0 Å². The number of aliphatic hydroxyl groups excluding tert-OH is 1. The summed E-state index contributed by atoms with van der Waals surface area (Å²) in [5.74, 6) is 5.55. The van der Waals surface area contributed by atoms with Crippen molar-refractivity contribution in [1.29, 1.82) is 5.26 Å². The highest BCUT2D eigenvalue weighted by Gasteiger charge is 2.14. The predicted molar refractivity (Wildman–Crippen MR) is 81.5 cm³/mol. The summed E-state index contributed by atoms with van der Waals surface area (Å²) in [5.41, 5.74) is 2.37. The second kappa shape index (κ2) is 8.09. The van der Waals surface area contributed by atoms with Gasteiger partial charge in [0.1, 0.15) is 0 Å². The zero-order chi connectivity index (χ0) is 15.8. The number of aryl methyl sites for hydroxylation is 1. The van der Waals surface area contributed by atoms with E-state index >= 15 is 0 Å². The summed E-state index contributed by atoms with van der Waals surface area (Å²) in [7, 11) is 1.69. The molecule has 110 valence electrons. The van der Waals surface area contributed by atoms with Gasteiger partial charge in [0.2, 0.25) is 0 Å². The molecule has 0 heterocycles. The molecule has 0 bridgehead atoms. The lowest BCUT2D eigenvalue weighted by atomic mass is 10.0. The van der Waals surface area contributed by atoms with E-state index in [0.29, 0.717) is 18.5 Å². The van der Waals surface area contributed by atoms with Crippen molar-refractivity contribution in [1.82, 2.24) is 4.90 Å². The highest BCUT2D eigenvalue weighted by atomic mass is 16.2. The van der Waals surface area contributed by atoms with E-state index < -0.39 is 0 Å². The summed E-state index contributed by atoms with van der Waals surface area (Å²) in [6.07, 6.45) is 0.439. The Kier molecular flexibility index (Phi) is 6.46. The van der Waals surface area contributed by atoms with Crippen molar-refractivity contribution in [3.63, 3.8) is 0 Å². The Labute approximate surface area is 126 Å². The van der Waals surface area contributed by atoms with Gasteiger partial charge in [-0.3, -0.25) is 4.79 Å². The minimum atomic E-state index is -0.191. The molecule has 0 aliphatic rings. The quantitative estimate of drug-likeness (QED) is 0.860. The standard InChI is InChI=1S/C17H20N2O2/c1-13(11-18)12-19(3)17(21)16-8-7-15(14(2)10-16)6-4-5-9-20/h7-8,10,13,20H,5,9,12H2,1-3H3. The van der Waals surface area contributed by atoms with Gasteiger partial charge < -0.3 is 10.0 Å². The number of nitrogens with zero attached hydrogens (tertiary/aromatic N) is 2. The lowest BCUT2D eigenvalue weighted by Crippen LogP contribution is -2.30. The summed E-state index contributed by atoms with van der Waals surface area (Å²) in [6, 6.07) is 7.48. The number of rotatable bonds is 4. The maximum Gasteiger partial charge on any atom is 0.253 e. The third-order valence-electron chi connectivity index (χ3n) is 3.05. The minimum absolute atomic E-state index is 0.0461. The van der Waals surface area contributed by atoms with Crippen LogP contribution in [0.5, 0.6) is 0 Å². The Bertz CT molecular complexity index is 605. The second-order valence-corrected chi connectivity index (χ2v) is 5.02. The Morgan fingerprint density at radius 3 is 2.76 bits per heavy atom. The van der Waals surface area contributed by atoms with Crippen LogP contribution in [-0.4, -0.2) is 36.1 Å². The van der Waals surface area contributed by atoms with Gasteiger partial charge >= 0.3 is 0 Å². The van der Waals surface area contributed by atoms with E-state index in [9.17, 15) is 4.79 Å². The molecule has 0 saturated heterocycles. The third kappa shape index (κ3) is 4.95. The van der Waals surface area contributed by atoms with Gasteiger partial charge in [-0.25, -0.2) is 0 Å². The second-order valence-electron chi connectivity index (χ2n) is 5.02. The van der Waals surface area contributed by atoms with Crippen LogP contribution in [0.3, 0.4) is 0 Å². The van der Waals surface area contributed by atoms with Gasteiger partial charge in [-0.05, 0) is 37.6 Å². The fourth-order valence-electron chi connectivity index (χ4n) is 1.91. The largest absolute Gasteiger partial charge is 0.395 e. The molecule has 0 aromatic heterocycles. The van der Waals surface area contributed by atoms with Gasteiger partial charge in [0, 0.05) is 31.1 Å². The number of benzene rings is 1. The molecule has 0 spiro atoms. The maximum atomic E-state index is 12.3. The molecule has 0 fully saturated rings. The molecule has 1 aromatic rings. The van der Waals surface area contributed by atoms with Crippen LogP contribution >= 0.6 is 0 Å². The number of carbonyl (C=O) groups is 1. The Morgan fingerprint density at radius 1 is 1.48 bits per heavy atom. The smallest absolute Gasteiger partial charge is 0.253 e. The van der Waals surface area contributed by atoms with Gasteiger partial charge in [0.25, 0.3) is 5.91 Å². The first-order chi connectivity index (χ1) is 9.99. The van der Waals surface area contributed by atoms with E-state index in [4.69, 9.17) is 10.4 Å². The van der Waals surface area contributed by atoms with E-state index in [1.165, 1.54) is 0 Å². The number of aliphatic hydroxyl groups is 1. The summed E-state index contributed by atoms with van der Waals surface area (Å²) in [5, 5.41) is 17.5. The van der Waals surface area contributed by atoms with Gasteiger partial charge in [0.05, 0.1) is 18.6 Å². The lowest BCUT2D eigenvalue weighted by Gasteiger charge is -2.18. The average Bonchev–Trinajstić information content (AvgIpc) is 2.48.